The van der Waals surface area contributed by atoms with Crippen LogP contribution in [0, 0.1) is 0 Å². The van der Waals surface area contributed by atoms with Crippen LogP contribution in [0.4, 0.5) is 26.3 Å². The van der Waals surface area contributed by atoms with E-state index in [2.05, 4.69) is 0 Å². The molecule has 0 saturated carbocycles. The number of rotatable bonds is 5. The number of amides is 1. The van der Waals surface area contributed by atoms with Crippen molar-refractivity contribution in [1.82, 2.24) is 4.90 Å². The summed E-state index contributed by atoms with van der Waals surface area (Å²) in [6.07, 6.45) is -8.17. The van der Waals surface area contributed by atoms with E-state index in [4.69, 9.17) is 9.15 Å². The molecule has 2 aromatic carbocycles. The van der Waals surface area contributed by atoms with Crippen molar-refractivity contribution >= 4 is 5.91 Å². The smallest absolute Gasteiger partial charge is 0.416 e. The highest BCUT2D eigenvalue weighted by Gasteiger charge is 2.39. The molecule has 2 heterocycles. The van der Waals surface area contributed by atoms with Crippen molar-refractivity contribution in [1.29, 1.82) is 0 Å². The van der Waals surface area contributed by atoms with Crippen LogP contribution in [0.5, 0.6) is 0 Å². The van der Waals surface area contributed by atoms with Gasteiger partial charge in [-0.25, -0.2) is 0 Å². The number of carbonyl (C=O) groups excluding carboxylic acids is 1. The van der Waals surface area contributed by atoms with Crippen LogP contribution in [0.15, 0.2) is 71.3 Å². The molecule has 2 unspecified atom stereocenters. The molecule has 0 radical (unpaired) electrons. The van der Waals surface area contributed by atoms with Gasteiger partial charge in [0.15, 0.2) is 5.76 Å². The zero-order valence-corrected chi connectivity index (χ0v) is 18.3. The maximum absolute atomic E-state index is 13.2. The number of carbonyl (C=O) groups is 1. The van der Waals surface area contributed by atoms with Crippen LogP contribution in [-0.2, 0) is 23.7 Å². The number of ether oxygens (including phenoxy) is 1. The van der Waals surface area contributed by atoms with Gasteiger partial charge in [-0.15, -0.1) is 0 Å². The monoisotopic (exact) mass is 497 g/mol. The predicted octanol–water partition coefficient (Wildman–Crippen LogP) is 6.88. The van der Waals surface area contributed by atoms with Crippen molar-refractivity contribution in [2.75, 3.05) is 6.54 Å². The van der Waals surface area contributed by atoms with Crippen LogP contribution < -0.4 is 0 Å². The summed E-state index contributed by atoms with van der Waals surface area (Å²) in [5.74, 6) is -0.255. The topological polar surface area (TPSA) is 42.7 Å². The fourth-order valence-corrected chi connectivity index (χ4v) is 4.26. The molecule has 0 N–H and O–H groups in total. The molecule has 1 saturated heterocycles. The lowest BCUT2D eigenvalue weighted by atomic mass is 9.92. The van der Waals surface area contributed by atoms with Gasteiger partial charge in [0.2, 0.25) is 0 Å². The molecule has 10 heteroatoms. The normalized spacial score (nSPS) is 19.1. The van der Waals surface area contributed by atoms with E-state index in [9.17, 15) is 31.1 Å². The Labute approximate surface area is 197 Å². The highest BCUT2D eigenvalue weighted by Crippen LogP contribution is 2.38. The van der Waals surface area contributed by atoms with Gasteiger partial charge in [0.1, 0.15) is 0 Å². The van der Waals surface area contributed by atoms with E-state index >= 15 is 0 Å². The van der Waals surface area contributed by atoms with Gasteiger partial charge in [-0.1, -0.05) is 30.3 Å². The molecule has 35 heavy (non-hydrogen) atoms. The SMILES string of the molecule is O=C(c1ccco1)N1CCCC(OCc2cc(C(F)(F)F)cc(C(F)(F)F)c2)C1c1ccccc1. The summed E-state index contributed by atoms with van der Waals surface area (Å²) >= 11 is 0. The third kappa shape index (κ3) is 5.70. The van der Waals surface area contributed by atoms with Crippen LogP contribution in [0.1, 0.15) is 51.7 Å². The van der Waals surface area contributed by atoms with Crippen LogP contribution in [-0.4, -0.2) is 23.5 Å². The zero-order chi connectivity index (χ0) is 25.2. The number of hydrogen-bond acceptors (Lipinski definition) is 3. The van der Waals surface area contributed by atoms with Crippen molar-refractivity contribution in [3.63, 3.8) is 0 Å². The van der Waals surface area contributed by atoms with Crippen molar-refractivity contribution in [3.8, 4) is 0 Å². The van der Waals surface area contributed by atoms with Gasteiger partial charge < -0.3 is 14.1 Å². The fraction of sp³-hybridized carbons (Fsp3) is 0.320. The molecule has 4 rings (SSSR count). The largest absolute Gasteiger partial charge is 0.459 e. The van der Waals surface area contributed by atoms with Gasteiger partial charge in [-0.05, 0) is 54.3 Å². The second-order valence-corrected chi connectivity index (χ2v) is 8.24. The third-order valence-electron chi connectivity index (χ3n) is 5.82. The van der Waals surface area contributed by atoms with Crippen LogP contribution in [0.25, 0.3) is 0 Å². The summed E-state index contributed by atoms with van der Waals surface area (Å²) in [7, 11) is 0. The van der Waals surface area contributed by atoms with Crippen molar-refractivity contribution in [3.05, 3.63) is 94.9 Å². The second-order valence-electron chi connectivity index (χ2n) is 8.24. The minimum absolute atomic E-state index is 0.0840. The predicted molar refractivity (Wildman–Crippen MR) is 113 cm³/mol. The molecule has 1 aliphatic heterocycles. The second kappa shape index (κ2) is 9.77. The van der Waals surface area contributed by atoms with Gasteiger partial charge in [0, 0.05) is 6.54 Å². The molecular formula is C25H21F6NO3. The number of piperidine rings is 1. The Morgan fingerprint density at radius 3 is 2.17 bits per heavy atom. The Bertz CT molecular complexity index is 1110. The highest BCUT2D eigenvalue weighted by atomic mass is 19.4. The lowest BCUT2D eigenvalue weighted by molar-refractivity contribution is -0.143. The average molecular weight is 497 g/mol. The van der Waals surface area contributed by atoms with Crippen molar-refractivity contribution in [2.24, 2.45) is 0 Å². The first-order chi connectivity index (χ1) is 16.5. The van der Waals surface area contributed by atoms with Gasteiger partial charge in [-0.3, -0.25) is 4.79 Å². The molecule has 1 amide bonds. The number of nitrogens with zero attached hydrogens (tertiary/aromatic N) is 1. The van der Waals surface area contributed by atoms with E-state index < -0.39 is 42.2 Å². The van der Waals surface area contributed by atoms with E-state index in [-0.39, 0.29) is 23.3 Å². The van der Waals surface area contributed by atoms with Crippen LogP contribution in [0.2, 0.25) is 0 Å². The molecule has 1 aliphatic rings. The van der Waals surface area contributed by atoms with Crippen molar-refractivity contribution < 1.29 is 40.3 Å². The molecule has 1 aromatic heterocycles. The van der Waals surface area contributed by atoms with E-state index in [1.165, 1.54) is 12.3 Å². The first kappa shape index (κ1) is 24.8. The Morgan fingerprint density at radius 2 is 1.60 bits per heavy atom. The maximum Gasteiger partial charge on any atom is 0.416 e. The molecule has 1 fully saturated rings. The number of furan rings is 1. The highest BCUT2D eigenvalue weighted by molar-refractivity contribution is 5.91. The van der Waals surface area contributed by atoms with Gasteiger partial charge in [-0.2, -0.15) is 26.3 Å². The molecular weight excluding hydrogens is 476 g/mol. The van der Waals surface area contributed by atoms with E-state index in [0.29, 0.717) is 31.5 Å². The summed E-state index contributed by atoms with van der Waals surface area (Å²) < 4.78 is 90.5. The Kier molecular flexibility index (Phi) is 6.93. The van der Waals surface area contributed by atoms with Gasteiger partial charge in [0.05, 0.1) is 36.1 Å². The quantitative estimate of drug-likeness (QED) is 0.361. The first-order valence-corrected chi connectivity index (χ1v) is 10.8. The first-order valence-electron chi connectivity index (χ1n) is 10.8. The Morgan fingerprint density at radius 1 is 0.943 bits per heavy atom. The minimum Gasteiger partial charge on any atom is -0.459 e. The molecule has 3 aromatic rings. The Balaban J connectivity index is 1.63. The maximum atomic E-state index is 13.2. The summed E-state index contributed by atoms with van der Waals surface area (Å²) in [5.41, 5.74) is -2.32. The van der Waals surface area contributed by atoms with Gasteiger partial charge in [0.25, 0.3) is 5.91 Å². The van der Waals surface area contributed by atoms with E-state index in [0.717, 1.165) is 5.56 Å². The number of likely N-dealkylation sites (tertiary alicyclic amines) is 1. The van der Waals surface area contributed by atoms with Crippen molar-refractivity contribution in [2.45, 2.75) is 43.9 Å². The van der Waals surface area contributed by atoms with Crippen LogP contribution in [0.3, 0.4) is 0 Å². The lowest BCUT2D eigenvalue weighted by Gasteiger charge is -2.41. The molecule has 0 aliphatic carbocycles. The number of halogens is 6. The average Bonchev–Trinajstić information content (AvgIpc) is 3.36. The summed E-state index contributed by atoms with van der Waals surface area (Å²) in [5, 5.41) is 0. The number of hydrogen-bond donors (Lipinski definition) is 0. The fourth-order valence-electron chi connectivity index (χ4n) is 4.26. The standard InChI is InChI=1S/C25H21F6NO3/c26-24(27,28)18-12-16(13-19(14-18)25(29,30)31)15-35-20-8-4-10-32(23(33)21-9-5-11-34-21)22(20)17-6-2-1-3-7-17/h1-3,5-7,9,11-14,20,22H,4,8,10,15H2. The third-order valence-corrected chi connectivity index (χ3v) is 5.82. The molecule has 0 spiro atoms. The van der Waals surface area contributed by atoms with E-state index in [1.807, 2.05) is 0 Å². The summed E-state index contributed by atoms with van der Waals surface area (Å²) in [4.78, 5) is 14.7. The van der Waals surface area contributed by atoms with E-state index in [1.54, 1.807) is 41.3 Å². The molecule has 2 atom stereocenters. The number of alkyl halides is 6. The number of benzene rings is 2. The molecule has 0 bridgehead atoms. The Hall–Kier alpha value is -3.27. The van der Waals surface area contributed by atoms with Crippen LogP contribution >= 0.6 is 0 Å². The lowest BCUT2D eigenvalue weighted by Crippen LogP contribution is -2.46. The van der Waals surface area contributed by atoms with Gasteiger partial charge >= 0.3 is 12.4 Å². The summed E-state index contributed by atoms with van der Waals surface area (Å²) in [6, 6.07) is 12.8. The summed E-state index contributed by atoms with van der Waals surface area (Å²) in [6.45, 7) is -0.0927. The zero-order valence-electron chi connectivity index (χ0n) is 18.3. The molecule has 4 nitrogen and oxygen atoms in total. The molecule has 186 valence electrons. The minimum atomic E-state index is -4.94.